The summed E-state index contributed by atoms with van der Waals surface area (Å²) in [5, 5.41) is 9.18. The Kier molecular flexibility index (Phi) is 7.69. The van der Waals surface area contributed by atoms with Gasteiger partial charge in [0.15, 0.2) is 0 Å². The Bertz CT molecular complexity index is 1880. The van der Waals surface area contributed by atoms with Gasteiger partial charge in [-0.3, -0.25) is 9.55 Å². The molecule has 8 nitrogen and oxygen atoms in total. The molecule has 2 aromatic heterocycles. The minimum atomic E-state index is -4.66. The van der Waals surface area contributed by atoms with E-state index in [4.69, 9.17) is 11.6 Å². The molecule has 216 valence electrons. The first-order chi connectivity index (χ1) is 19.9. The topological polar surface area (TPSA) is 105 Å². The molecule has 0 fully saturated rings. The smallest absolute Gasteiger partial charge is 0.421 e. The van der Waals surface area contributed by atoms with Crippen molar-refractivity contribution < 1.29 is 31.5 Å². The van der Waals surface area contributed by atoms with Crippen molar-refractivity contribution in [1.29, 1.82) is 0 Å². The predicted octanol–water partition coefficient (Wildman–Crippen LogP) is 6.98. The Morgan fingerprint density at radius 3 is 2.24 bits per heavy atom. The number of hydrogen-bond donors (Lipinski definition) is 1. The van der Waals surface area contributed by atoms with Gasteiger partial charge in [-0.05, 0) is 67.4 Å². The maximum atomic E-state index is 13.5. The van der Waals surface area contributed by atoms with Crippen LogP contribution in [0, 0.1) is 6.92 Å². The number of aryl methyl sites for hydroxylation is 1. The molecule has 42 heavy (non-hydrogen) atoms. The fourth-order valence-corrected chi connectivity index (χ4v) is 6.01. The molecule has 0 aliphatic carbocycles. The number of alkyl halides is 3. The monoisotopic (exact) mass is 614 g/mol. The zero-order valence-electron chi connectivity index (χ0n) is 21.9. The molecule has 0 spiro atoms. The SMILES string of the molecule is Cc1ccc(S(=O)(=O)N(CCc2ccc(-n3c(-c4ccncc4)nc4cc(C(F)(F)F)c(Cl)cc43)cc2)C(=O)O)cc1. The highest BCUT2D eigenvalue weighted by Crippen LogP contribution is 2.39. The normalized spacial score (nSPS) is 12.0. The van der Waals surface area contributed by atoms with E-state index in [1.807, 2.05) is 0 Å². The van der Waals surface area contributed by atoms with Crippen LogP contribution in [0.3, 0.4) is 0 Å². The number of carboxylic acid groups (broad SMARTS) is 1. The minimum Gasteiger partial charge on any atom is -0.464 e. The second-order valence-corrected chi connectivity index (χ2v) is 11.7. The summed E-state index contributed by atoms with van der Waals surface area (Å²) in [4.78, 5) is 20.2. The molecule has 2 heterocycles. The lowest BCUT2D eigenvalue weighted by Crippen LogP contribution is -2.37. The second-order valence-electron chi connectivity index (χ2n) is 9.41. The van der Waals surface area contributed by atoms with Gasteiger partial charge in [-0.25, -0.2) is 22.5 Å². The third kappa shape index (κ3) is 5.68. The average molecular weight is 615 g/mol. The van der Waals surface area contributed by atoms with Crippen LogP contribution >= 0.6 is 11.6 Å². The average Bonchev–Trinajstić information content (AvgIpc) is 3.31. The molecule has 5 aromatic rings. The van der Waals surface area contributed by atoms with Gasteiger partial charge < -0.3 is 5.11 Å². The molecule has 0 saturated heterocycles. The summed E-state index contributed by atoms with van der Waals surface area (Å²) in [5.41, 5.74) is 2.05. The molecule has 5 rings (SSSR count). The van der Waals surface area contributed by atoms with E-state index in [2.05, 4.69) is 9.97 Å². The van der Waals surface area contributed by atoms with Gasteiger partial charge >= 0.3 is 12.3 Å². The summed E-state index contributed by atoms with van der Waals surface area (Å²) in [7, 11) is -4.29. The van der Waals surface area contributed by atoms with Crippen molar-refractivity contribution in [2.75, 3.05) is 6.54 Å². The summed E-state index contributed by atoms with van der Waals surface area (Å²) < 4.78 is 68.6. The molecule has 0 atom stereocenters. The van der Waals surface area contributed by atoms with Crippen LogP contribution in [0.5, 0.6) is 0 Å². The molecule has 13 heteroatoms. The number of aromatic nitrogens is 3. The predicted molar refractivity (Wildman–Crippen MR) is 151 cm³/mol. The molecule has 0 radical (unpaired) electrons. The third-order valence-electron chi connectivity index (χ3n) is 6.61. The van der Waals surface area contributed by atoms with Crippen LogP contribution in [0.15, 0.2) is 90.1 Å². The number of nitrogens with zero attached hydrogens (tertiary/aromatic N) is 4. The highest BCUT2D eigenvalue weighted by molar-refractivity contribution is 7.89. The molecule has 0 saturated carbocycles. The second kappa shape index (κ2) is 11.1. The molecule has 0 unspecified atom stereocenters. The number of amides is 1. The van der Waals surface area contributed by atoms with Gasteiger partial charge in [-0.2, -0.15) is 13.2 Å². The lowest BCUT2D eigenvalue weighted by Gasteiger charge is -2.19. The number of hydrogen-bond acceptors (Lipinski definition) is 5. The lowest BCUT2D eigenvalue weighted by atomic mass is 10.1. The Morgan fingerprint density at radius 2 is 1.64 bits per heavy atom. The summed E-state index contributed by atoms with van der Waals surface area (Å²) in [6.45, 7) is 1.47. The number of pyridine rings is 1. The molecule has 0 aliphatic heterocycles. The van der Waals surface area contributed by atoms with E-state index in [9.17, 15) is 31.5 Å². The zero-order valence-corrected chi connectivity index (χ0v) is 23.5. The van der Waals surface area contributed by atoms with Crippen LogP contribution in [-0.4, -0.2) is 45.0 Å². The van der Waals surface area contributed by atoms with E-state index in [0.717, 1.165) is 11.6 Å². The number of imidazole rings is 1. The summed E-state index contributed by atoms with van der Waals surface area (Å²) >= 11 is 6.04. The van der Waals surface area contributed by atoms with Crippen LogP contribution in [-0.2, 0) is 22.6 Å². The largest absolute Gasteiger partial charge is 0.464 e. The maximum Gasteiger partial charge on any atom is 0.421 e. The van der Waals surface area contributed by atoms with Gasteiger partial charge in [0.25, 0.3) is 10.0 Å². The number of rotatable bonds is 7. The standard InChI is InChI=1S/C29H22ClF3N4O4S/c1-18-2-8-22(9-3-18)42(40,41)36(28(38)39)15-12-19-4-6-21(7-5-19)37-26-17-24(30)23(29(31,32)33)16-25(26)35-27(37)20-10-13-34-14-11-20/h2-11,13-14,16-17H,12,15H2,1H3,(H,38,39). The van der Waals surface area contributed by atoms with Crippen molar-refractivity contribution in [3.8, 4) is 17.1 Å². The zero-order chi connectivity index (χ0) is 30.2. The lowest BCUT2D eigenvalue weighted by molar-refractivity contribution is -0.137. The fraction of sp³-hybridized carbons (Fsp3) is 0.138. The minimum absolute atomic E-state index is 0.0837. The molecule has 1 amide bonds. The first-order valence-corrected chi connectivity index (χ1v) is 14.3. The highest BCUT2D eigenvalue weighted by Gasteiger charge is 2.34. The van der Waals surface area contributed by atoms with E-state index in [1.54, 1.807) is 60.0 Å². The van der Waals surface area contributed by atoms with Crippen molar-refractivity contribution in [3.05, 3.63) is 107 Å². The van der Waals surface area contributed by atoms with Crippen molar-refractivity contribution in [3.63, 3.8) is 0 Å². The van der Waals surface area contributed by atoms with Gasteiger partial charge in [0.05, 0.1) is 26.5 Å². The van der Waals surface area contributed by atoms with Crippen LogP contribution in [0.4, 0.5) is 18.0 Å². The van der Waals surface area contributed by atoms with E-state index < -0.39 is 32.9 Å². The first kappa shape index (κ1) is 29.1. The van der Waals surface area contributed by atoms with E-state index in [1.165, 1.54) is 30.6 Å². The quantitative estimate of drug-likeness (QED) is 0.212. The van der Waals surface area contributed by atoms with Crippen LogP contribution in [0.1, 0.15) is 16.7 Å². The Balaban J connectivity index is 1.49. The Labute approximate surface area is 243 Å². The fourth-order valence-electron chi connectivity index (χ4n) is 4.47. The number of halogens is 4. The summed E-state index contributed by atoms with van der Waals surface area (Å²) in [5.74, 6) is 0.358. The van der Waals surface area contributed by atoms with Crippen molar-refractivity contribution in [2.24, 2.45) is 0 Å². The number of sulfonamides is 1. The number of carbonyl (C=O) groups is 1. The van der Waals surface area contributed by atoms with Gasteiger partial charge in [0.1, 0.15) is 5.82 Å². The Morgan fingerprint density at radius 1 is 1.00 bits per heavy atom. The van der Waals surface area contributed by atoms with Gasteiger partial charge in [0.2, 0.25) is 0 Å². The summed E-state index contributed by atoms with van der Waals surface area (Å²) in [6.07, 6.45) is -3.11. The molecule has 0 aliphatic rings. The number of fused-ring (bicyclic) bond motifs is 1. The molecule has 1 N–H and O–H groups in total. The van der Waals surface area contributed by atoms with Crippen LogP contribution < -0.4 is 0 Å². The third-order valence-corrected chi connectivity index (χ3v) is 8.71. The van der Waals surface area contributed by atoms with E-state index in [-0.39, 0.29) is 23.4 Å². The van der Waals surface area contributed by atoms with Gasteiger partial charge in [-0.1, -0.05) is 41.4 Å². The van der Waals surface area contributed by atoms with Crippen LogP contribution in [0.2, 0.25) is 5.02 Å². The molecular formula is C29H22ClF3N4O4S. The highest BCUT2D eigenvalue weighted by atomic mass is 35.5. The Hall–Kier alpha value is -4.42. The van der Waals surface area contributed by atoms with Crippen molar-refractivity contribution in [2.45, 2.75) is 24.4 Å². The molecule has 3 aromatic carbocycles. The van der Waals surface area contributed by atoms with Crippen molar-refractivity contribution >= 4 is 38.8 Å². The maximum absolute atomic E-state index is 13.5. The van der Waals surface area contributed by atoms with Gasteiger partial charge in [-0.15, -0.1) is 0 Å². The van der Waals surface area contributed by atoms with Crippen molar-refractivity contribution in [1.82, 2.24) is 18.8 Å². The summed E-state index contributed by atoms with van der Waals surface area (Å²) in [6, 6.07) is 18.1. The first-order valence-electron chi connectivity index (χ1n) is 12.5. The van der Waals surface area contributed by atoms with E-state index >= 15 is 0 Å². The van der Waals surface area contributed by atoms with Crippen LogP contribution in [0.25, 0.3) is 28.1 Å². The number of benzene rings is 3. The van der Waals surface area contributed by atoms with Gasteiger partial charge in [0, 0.05) is 30.2 Å². The van der Waals surface area contributed by atoms with E-state index in [0.29, 0.717) is 32.5 Å². The molecule has 0 bridgehead atoms. The molecular weight excluding hydrogens is 593 g/mol.